The fourth-order valence-electron chi connectivity index (χ4n) is 4.05. The Morgan fingerprint density at radius 2 is 1.68 bits per heavy atom. The summed E-state index contributed by atoms with van der Waals surface area (Å²) in [7, 11) is 0. The Kier molecular flexibility index (Phi) is 9.57. The Morgan fingerprint density at radius 3 is 2.26 bits per heavy atom. The molecule has 2 aromatic carbocycles. The number of hydrogen-bond donors (Lipinski definition) is 1. The smallest absolute Gasteiger partial charge is 0.245 e. The van der Waals surface area contributed by atoms with Gasteiger partial charge >= 0.3 is 0 Å². The number of halogens is 1. The van der Waals surface area contributed by atoms with E-state index in [1.807, 2.05) is 54.3 Å². The van der Waals surface area contributed by atoms with Gasteiger partial charge in [-0.3, -0.25) is 9.59 Å². The Balaban J connectivity index is 0.00000341. The first-order valence-electron chi connectivity index (χ1n) is 10.9. The van der Waals surface area contributed by atoms with Crippen molar-refractivity contribution in [2.75, 3.05) is 13.1 Å². The zero-order valence-corrected chi connectivity index (χ0v) is 18.6. The van der Waals surface area contributed by atoms with Gasteiger partial charge < -0.3 is 10.2 Å². The molecule has 1 heterocycles. The third-order valence-corrected chi connectivity index (χ3v) is 6.40. The van der Waals surface area contributed by atoms with Gasteiger partial charge in [-0.05, 0) is 47.9 Å². The van der Waals surface area contributed by atoms with Crippen molar-refractivity contribution < 1.29 is 9.59 Å². The summed E-state index contributed by atoms with van der Waals surface area (Å²) in [6.45, 7) is 5.52. The van der Waals surface area contributed by atoms with Gasteiger partial charge in [-0.25, -0.2) is 0 Å². The first-order chi connectivity index (χ1) is 14.5. The van der Waals surface area contributed by atoms with E-state index in [4.69, 9.17) is 11.6 Å². The zero-order chi connectivity index (χ0) is 21.5. The minimum Gasteiger partial charge on any atom is -0.344 e. The quantitative estimate of drug-likeness (QED) is 0.619. The number of benzene rings is 2. The summed E-state index contributed by atoms with van der Waals surface area (Å²) in [6.07, 6.45) is 2.99. The monoisotopic (exact) mass is 442 g/mol. The van der Waals surface area contributed by atoms with Crippen molar-refractivity contribution in [3.05, 3.63) is 70.7 Å². The molecule has 0 saturated carbocycles. The molecule has 0 aliphatic carbocycles. The van der Waals surface area contributed by atoms with Gasteiger partial charge in [0, 0.05) is 18.1 Å². The van der Waals surface area contributed by atoms with Crippen LogP contribution in [-0.2, 0) is 16.0 Å². The summed E-state index contributed by atoms with van der Waals surface area (Å²) < 4.78 is 0. The van der Waals surface area contributed by atoms with Crippen LogP contribution in [-0.4, -0.2) is 35.8 Å². The molecular formula is C26H35ClN2O2. The average molecular weight is 443 g/mol. The number of amides is 2. The van der Waals surface area contributed by atoms with Crippen molar-refractivity contribution in [2.45, 2.75) is 58.9 Å². The maximum absolute atomic E-state index is 13.3. The van der Waals surface area contributed by atoms with E-state index < -0.39 is 6.04 Å². The van der Waals surface area contributed by atoms with Gasteiger partial charge in [-0.2, -0.15) is 0 Å². The lowest BCUT2D eigenvalue weighted by Crippen LogP contribution is -2.53. The molecule has 1 N–H and O–H groups in total. The third-order valence-electron chi connectivity index (χ3n) is 6.15. The molecule has 1 aliphatic heterocycles. The Labute approximate surface area is 192 Å². The number of hydrogen-bond acceptors (Lipinski definition) is 2. The van der Waals surface area contributed by atoms with Crippen LogP contribution in [0.3, 0.4) is 0 Å². The lowest BCUT2D eigenvalue weighted by Gasteiger charge is -2.36. The number of piperidine rings is 1. The van der Waals surface area contributed by atoms with E-state index in [1.165, 1.54) is 5.56 Å². The molecule has 1 fully saturated rings. The normalized spacial score (nSPS) is 16.2. The van der Waals surface area contributed by atoms with Crippen LogP contribution in [0.1, 0.15) is 57.6 Å². The molecule has 2 amide bonds. The summed E-state index contributed by atoms with van der Waals surface area (Å²) in [4.78, 5) is 27.8. The van der Waals surface area contributed by atoms with Crippen LogP contribution in [0.4, 0.5) is 0 Å². The predicted molar refractivity (Wildman–Crippen MR) is 128 cm³/mol. The summed E-state index contributed by atoms with van der Waals surface area (Å²) in [5.41, 5.74) is 2.23. The molecule has 0 bridgehead atoms. The van der Waals surface area contributed by atoms with Gasteiger partial charge in [0.25, 0.3) is 0 Å². The van der Waals surface area contributed by atoms with Gasteiger partial charge in [0.15, 0.2) is 0 Å². The van der Waals surface area contributed by atoms with E-state index in [9.17, 15) is 9.59 Å². The highest BCUT2D eigenvalue weighted by Gasteiger charge is 2.32. The van der Waals surface area contributed by atoms with E-state index in [0.29, 0.717) is 25.4 Å². The van der Waals surface area contributed by atoms with Crippen LogP contribution in [0.5, 0.6) is 0 Å². The minimum atomic E-state index is -0.474. The van der Waals surface area contributed by atoms with Crippen LogP contribution in [0.15, 0.2) is 54.6 Å². The summed E-state index contributed by atoms with van der Waals surface area (Å²) in [5, 5.41) is 3.76. The summed E-state index contributed by atoms with van der Waals surface area (Å²) >= 11 is 6.00. The molecule has 0 aromatic heterocycles. The molecule has 0 unspecified atom stereocenters. The topological polar surface area (TPSA) is 49.4 Å². The van der Waals surface area contributed by atoms with Crippen LogP contribution >= 0.6 is 11.6 Å². The van der Waals surface area contributed by atoms with E-state index in [-0.39, 0.29) is 25.2 Å². The molecule has 2 atom stereocenters. The zero-order valence-electron chi connectivity index (χ0n) is 17.8. The lowest BCUT2D eigenvalue weighted by atomic mass is 9.88. The second-order valence-electron chi connectivity index (χ2n) is 8.24. The number of nitrogens with one attached hydrogen (secondary N) is 1. The number of likely N-dealkylation sites (tertiary alicyclic amines) is 1. The Bertz CT molecular complexity index is 830. The fraction of sp³-hybridized carbons (Fsp3) is 0.462. The molecule has 0 radical (unpaired) electrons. The number of nitrogens with zero attached hydrogens (tertiary/aromatic N) is 1. The highest BCUT2D eigenvalue weighted by atomic mass is 35.5. The highest BCUT2D eigenvalue weighted by molar-refractivity contribution is 6.30. The van der Waals surface area contributed by atoms with E-state index in [1.54, 1.807) is 0 Å². The maximum Gasteiger partial charge on any atom is 0.245 e. The average Bonchev–Trinajstić information content (AvgIpc) is 2.78. The van der Waals surface area contributed by atoms with Crippen molar-refractivity contribution in [3.8, 4) is 0 Å². The van der Waals surface area contributed by atoms with Gasteiger partial charge in [-0.15, -0.1) is 0 Å². The SMILES string of the molecule is C.CC[C@H](C)[C@@H](NC(=O)Cc1ccccc1)C(=O)N1CCC(c2ccc(Cl)cc2)CC1. The van der Waals surface area contributed by atoms with Crippen molar-refractivity contribution in [3.63, 3.8) is 0 Å². The highest BCUT2D eigenvalue weighted by Crippen LogP contribution is 2.29. The van der Waals surface area contributed by atoms with Crippen molar-refractivity contribution in [2.24, 2.45) is 5.92 Å². The first-order valence-corrected chi connectivity index (χ1v) is 11.2. The molecule has 1 aliphatic rings. The molecule has 2 aromatic rings. The Hall–Kier alpha value is -2.33. The number of rotatable bonds is 7. The predicted octanol–water partition coefficient (Wildman–Crippen LogP) is 5.46. The largest absolute Gasteiger partial charge is 0.344 e. The van der Waals surface area contributed by atoms with Gasteiger partial charge in [0.2, 0.25) is 11.8 Å². The lowest BCUT2D eigenvalue weighted by molar-refractivity contribution is -0.138. The van der Waals surface area contributed by atoms with Gasteiger partial charge in [0.05, 0.1) is 6.42 Å². The van der Waals surface area contributed by atoms with Gasteiger partial charge in [-0.1, -0.05) is 81.8 Å². The molecule has 168 valence electrons. The summed E-state index contributed by atoms with van der Waals surface area (Å²) in [6, 6.07) is 17.2. The molecule has 5 heteroatoms. The summed E-state index contributed by atoms with van der Waals surface area (Å²) in [5.74, 6) is 0.475. The fourth-order valence-corrected chi connectivity index (χ4v) is 4.18. The molecular weight excluding hydrogens is 408 g/mol. The molecule has 0 spiro atoms. The van der Waals surface area contributed by atoms with Crippen molar-refractivity contribution in [1.29, 1.82) is 0 Å². The van der Waals surface area contributed by atoms with E-state index >= 15 is 0 Å². The first kappa shape index (κ1) is 24.9. The second-order valence-corrected chi connectivity index (χ2v) is 8.68. The standard InChI is InChI=1S/C25H31ClN2O2.CH4/c1-3-18(2)24(27-23(29)17-19-7-5-4-6-8-19)25(30)28-15-13-21(14-16-28)20-9-11-22(26)12-10-20;/h4-12,18,21,24H,3,13-17H2,1-2H3,(H,27,29);1H4/t18-,24+;/m0./s1. The van der Waals surface area contributed by atoms with Crippen molar-refractivity contribution in [1.82, 2.24) is 10.2 Å². The van der Waals surface area contributed by atoms with Crippen LogP contribution in [0, 0.1) is 5.92 Å². The third kappa shape index (κ3) is 6.83. The Morgan fingerprint density at radius 1 is 1.06 bits per heavy atom. The number of carbonyl (C=O) groups excluding carboxylic acids is 2. The van der Waals surface area contributed by atoms with Crippen LogP contribution in [0.25, 0.3) is 0 Å². The minimum absolute atomic E-state index is 0. The van der Waals surface area contributed by atoms with Crippen molar-refractivity contribution >= 4 is 23.4 Å². The van der Waals surface area contributed by atoms with E-state index in [2.05, 4.69) is 24.4 Å². The molecule has 31 heavy (non-hydrogen) atoms. The molecule has 4 nitrogen and oxygen atoms in total. The molecule has 3 rings (SSSR count). The van der Waals surface area contributed by atoms with Crippen LogP contribution in [0.2, 0.25) is 5.02 Å². The maximum atomic E-state index is 13.3. The molecule has 1 saturated heterocycles. The van der Waals surface area contributed by atoms with Gasteiger partial charge in [0.1, 0.15) is 6.04 Å². The number of carbonyl (C=O) groups is 2. The van der Waals surface area contributed by atoms with Crippen LogP contribution < -0.4 is 5.32 Å². The second kappa shape index (κ2) is 11.9. The van der Waals surface area contributed by atoms with E-state index in [0.717, 1.165) is 29.8 Å².